The van der Waals surface area contributed by atoms with Crippen molar-refractivity contribution in [2.24, 2.45) is 5.92 Å². The van der Waals surface area contributed by atoms with Crippen molar-refractivity contribution in [2.75, 3.05) is 25.1 Å². The zero-order valence-corrected chi connectivity index (χ0v) is 16.7. The first-order valence-corrected chi connectivity index (χ1v) is 10.5. The van der Waals surface area contributed by atoms with E-state index in [0.29, 0.717) is 6.04 Å². The van der Waals surface area contributed by atoms with E-state index in [1.54, 1.807) is 0 Å². The normalized spacial score (nSPS) is 19.1. The van der Waals surface area contributed by atoms with Crippen molar-refractivity contribution in [1.82, 2.24) is 14.8 Å². The molecular weight excluding hydrogens is 360 g/mol. The molecule has 7 heteroatoms. The van der Waals surface area contributed by atoms with Crippen molar-refractivity contribution in [3.05, 3.63) is 35.9 Å². The number of nitrogens with zero attached hydrogens (tertiary/aromatic N) is 4. The number of hydrogen-bond acceptors (Lipinski definition) is 6. The molecule has 1 aliphatic carbocycles. The molecule has 1 atom stereocenters. The largest absolute Gasteiger partial charge is 0.468 e. The topological polar surface area (TPSA) is 60.2 Å². The van der Waals surface area contributed by atoms with Crippen molar-refractivity contribution < 1.29 is 9.53 Å². The van der Waals surface area contributed by atoms with Crippen LogP contribution >= 0.6 is 11.8 Å². The van der Waals surface area contributed by atoms with E-state index in [1.807, 2.05) is 30.3 Å². The van der Waals surface area contributed by atoms with Crippen molar-refractivity contribution in [1.29, 1.82) is 0 Å². The number of anilines is 1. The number of thioether (sulfide) groups is 1. The molecule has 0 N–H and O–H groups in total. The summed E-state index contributed by atoms with van der Waals surface area (Å²) in [4.78, 5) is 14.8. The minimum Gasteiger partial charge on any atom is -0.468 e. The molecule has 1 unspecified atom stereocenters. The summed E-state index contributed by atoms with van der Waals surface area (Å²) >= 11 is 1.44. The molecule has 0 spiro atoms. The fourth-order valence-corrected chi connectivity index (χ4v) is 4.65. The predicted octanol–water partition coefficient (Wildman–Crippen LogP) is 3.86. The number of esters is 1. The summed E-state index contributed by atoms with van der Waals surface area (Å²) in [6.07, 6.45) is 4.68. The smallest absolute Gasteiger partial charge is 0.323 e. The summed E-state index contributed by atoms with van der Waals surface area (Å²) in [6, 6.07) is 10.2. The third kappa shape index (κ3) is 3.98. The third-order valence-electron chi connectivity index (χ3n) is 5.37. The van der Waals surface area contributed by atoms with Crippen molar-refractivity contribution in [3.8, 4) is 0 Å². The predicted molar refractivity (Wildman–Crippen MR) is 106 cm³/mol. The van der Waals surface area contributed by atoms with Gasteiger partial charge >= 0.3 is 5.97 Å². The van der Waals surface area contributed by atoms with E-state index in [1.165, 1.54) is 31.7 Å². The summed E-state index contributed by atoms with van der Waals surface area (Å²) in [5.74, 6) is 1.47. The summed E-state index contributed by atoms with van der Waals surface area (Å²) < 4.78 is 7.31. The van der Waals surface area contributed by atoms with Gasteiger partial charge in [-0.3, -0.25) is 9.36 Å². The molecule has 0 amide bonds. The first-order valence-electron chi connectivity index (χ1n) is 9.66. The Morgan fingerprint density at radius 2 is 1.85 bits per heavy atom. The van der Waals surface area contributed by atoms with Gasteiger partial charge < -0.3 is 9.64 Å². The molecule has 4 rings (SSSR count). The Labute approximate surface area is 164 Å². The number of carbonyl (C=O) groups excluding carboxylic acids is 1. The average Bonchev–Trinajstić information content (AvgIpc) is 3.46. The van der Waals surface area contributed by atoms with Gasteiger partial charge in [0.2, 0.25) is 5.95 Å². The second kappa shape index (κ2) is 7.92. The number of ether oxygens (including phenoxy) is 1. The number of rotatable bonds is 6. The summed E-state index contributed by atoms with van der Waals surface area (Å²) in [5.41, 5.74) is 0.924. The highest BCUT2D eigenvalue weighted by Crippen LogP contribution is 2.44. The van der Waals surface area contributed by atoms with Crippen LogP contribution in [0.3, 0.4) is 0 Å². The van der Waals surface area contributed by atoms with Crippen LogP contribution in [0.1, 0.15) is 49.5 Å². The molecule has 144 valence electrons. The maximum Gasteiger partial charge on any atom is 0.323 e. The number of methoxy groups -OCH3 is 1. The molecule has 2 heterocycles. The molecule has 6 nitrogen and oxygen atoms in total. The van der Waals surface area contributed by atoms with Gasteiger partial charge in [0.15, 0.2) is 5.16 Å². The van der Waals surface area contributed by atoms with Gasteiger partial charge in [-0.25, -0.2) is 0 Å². The molecule has 2 aromatic rings. The van der Waals surface area contributed by atoms with Crippen molar-refractivity contribution >= 4 is 23.7 Å². The standard InChI is InChI=1S/C20H26N4O2S/c1-14-10-12-23(13-11-14)19-21-22-20(24(19)16-8-9-16)27-17(18(25)26-2)15-6-4-3-5-7-15/h3-7,14,16-17H,8-13H2,1-2H3. The number of carbonyl (C=O) groups is 1. The van der Waals surface area contributed by atoms with Crippen LogP contribution in [0, 0.1) is 5.92 Å². The molecule has 1 aliphatic heterocycles. The molecule has 0 radical (unpaired) electrons. The average molecular weight is 387 g/mol. The molecule has 1 saturated carbocycles. The van der Waals surface area contributed by atoms with Gasteiger partial charge in [-0.05, 0) is 37.2 Å². The van der Waals surface area contributed by atoms with Gasteiger partial charge in [-0.1, -0.05) is 49.0 Å². The van der Waals surface area contributed by atoms with Gasteiger partial charge in [-0.15, -0.1) is 10.2 Å². The van der Waals surface area contributed by atoms with E-state index in [-0.39, 0.29) is 5.97 Å². The minimum absolute atomic E-state index is 0.259. The van der Waals surface area contributed by atoms with Crippen LogP contribution in [0.25, 0.3) is 0 Å². The van der Waals surface area contributed by atoms with Crippen LogP contribution in [-0.4, -0.2) is 40.9 Å². The van der Waals surface area contributed by atoms with Crippen LogP contribution in [0.15, 0.2) is 35.5 Å². The van der Waals surface area contributed by atoms with Gasteiger partial charge in [0, 0.05) is 19.1 Å². The Morgan fingerprint density at radius 1 is 1.15 bits per heavy atom. The van der Waals surface area contributed by atoms with E-state index in [2.05, 4.69) is 26.6 Å². The first kappa shape index (κ1) is 18.3. The van der Waals surface area contributed by atoms with E-state index < -0.39 is 5.25 Å². The second-order valence-electron chi connectivity index (χ2n) is 7.49. The Balaban J connectivity index is 1.62. The lowest BCUT2D eigenvalue weighted by Crippen LogP contribution is -2.34. The lowest BCUT2D eigenvalue weighted by molar-refractivity contribution is -0.140. The Hall–Kier alpha value is -2.02. The molecular formula is C20H26N4O2S. The van der Waals surface area contributed by atoms with Gasteiger partial charge in [0.05, 0.1) is 7.11 Å². The van der Waals surface area contributed by atoms with Gasteiger partial charge in [-0.2, -0.15) is 0 Å². The lowest BCUT2D eigenvalue weighted by atomic mass is 10.00. The van der Waals surface area contributed by atoms with E-state index in [9.17, 15) is 4.79 Å². The highest BCUT2D eigenvalue weighted by atomic mass is 32.2. The van der Waals surface area contributed by atoms with Crippen LogP contribution in [0.5, 0.6) is 0 Å². The number of hydrogen-bond donors (Lipinski definition) is 0. The van der Waals surface area contributed by atoms with Gasteiger partial charge in [0.25, 0.3) is 0 Å². The lowest BCUT2D eigenvalue weighted by Gasteiger charge is -2.31. The first-order chi connectivity index (χ1) is 13.2. The van der Waals surface area contributed by atoms with Crippen LogP contribution in [-0.2, 0) is 9.53 Å². The molecule has 0 bridgehead atoms. The minimum atomic E-state index is -0.438. The molecule has 1 saturated heterocycles. The van der Waals surface area contributed by atoms with E-state index >= 15 is 0 Å². The molecule has 2 aliphatic rings. The molecule has 1 aromatic carbocycles. The maximum absolute atomic E-state index is 12.4. The Bertz CT molecular complexity index is 783. The number of benzene rings is 1. The van der Waals surface area contributed by atoms with E-state index in [0.717, 1.165) is 48.5 Å². The maximum atomic E-state index is 12.4. The van der Waals surface area contributed by atoms with E-state index in [4.69, 9.17) is 4.74 Å². The summed E-state index contributed by atoms with van der Waals surface area (Å²) in [6.45, 7) is 4.36. The zero-order chi connectivity index (χ0) is 18.8. The molecule has 2 fully saturated rings. The highest BCUT2D eigenvalue weighted by molar-refractivity contribution is 8.00. The monoisotopic (exact) mass is 386 g/mol. The quantitative estimate of drug-likeness (QED) is 0.555. The van der Waals surface area contributed by atoms with Gasteiger partial charge in [0.1, 0.15) is 5.25 Å². The van der Waals surface area contributed by atoms with Crippen LogP contribution in [0.4, 0.5) is 5.95 Å². The number of aromatic nitrogens is 3. The molecule has 1 aromatic heterocycles. The fourth-order valence-electron chi connectivity index (χ4n) is 3.52. The van der Waals surface area contributed by atoms with Crippen molar-refractivity contribution in [2.45, 2.75) is 49.1 Å². The third-order valence-corrected chi connectivity index (χ3v) is 6.56. The zero-order valence-electron chi connectivity index (χ0n) is 15.9. The fraction of sp³-hybridized carbons (Fsp3) is 0.550. The second-order valence-corrected chi connectivity index (χ2v) is 8.56. The number of piperidine rings is 1. The summed E-state index contributed by atoms with van der Waals surface area (Å²) in [5, 5.41) is 9.38. The summed E-state index contributed by atoms with van der Waals surface area (Å²) in [7, 11) is 1.44. The van der Waals surface area contributed by atoms with Crippen LogP contribution in [0.2, 0.25) is 0 Å². The molecule has 27 heavy (non-hydrogen) atoms. The Morgan fingerprint density at radius 3 is 2.48 bits per heavy atom. The Kier molecular flexibility index (Phi) is 5.38. The highest BCUT2D eigenvalue weighted by Gasteiger charge is 2.35. The van der Waals surface area contributed by atoms with Crippen molar-refractivity contribution in [3.63, 3.8) is 0 Å². The van der Waals surface area contributed by atoms with Crippen LogP contribution < -0.4 is 4.90 Å². The SMILES string of the molecule is COC(=O)C(Sc1nnc(N2CCC(C)CC2)n1C1CC1)c1ccccc1.